The molecule has 2 saturated heterocycles. The van der Waals surface area contributed by atoms with Gasteiger partial charge in [0.15, 0.2) is 0 Å². The number of halogens is 1. The van der Waals surface area contributed by atoms with Crippen molar-refractivity contribution in [2.75, 3.05) is 72.9 Å². The Kier molecular flexibility index (Phi) is 7.63. The summed E-state index contributed by atoms with van der Waals surface area (Å²) in [7, 11) is -1.76. The molecule has 0 aromatic heterocycles. The molecule has 3 heterocycles. The van der Waals surface area contributed by atoms with Gasteiger partial charge in [-0.05, 0) is 86.3 Å². The van der Waals surface area contributed by atoms with Gasteiger partial charge >= 0.3 is 0 Å². The third-order valence-corrected chi connectivity index (χ3v) is 10.8. The van der Waals surface area contributed by atoms with Crippen LogP contribution in [0.5, 0.6) is 0 Å². The molecule has 0 bridgehead atoms. The minimum atomic E-state index is -3.81. The second kappa shape index (κ2) is 11.1. The molecule has 0 radical (unpaired) electrons. The number of amides is 1. The SMILES string of the molecule is CN1CCc2cc(C(=O)Nc3ccc(S(=O)(=O)NCCO)cc3N3CCC4(CC3)CC4)cc(N3CCC(F)CC3)c21. The van der Waals surface area contributed by atoms with E-state index in [1.807, 2.05) is 12.1 Å². The largest absolute Gasteiger partial charge is 0.395 e. The predicted molar refractivity (Wildman–Crippen MR) is 160 cm³/mol. The third kappa shape index (κ3) is 5.76. The molecule has 1 aliphatic carbocycles. The molecule has 3 aliphatic heterocycles. The number of hydrogen-bond acceptors (Lipinski definition) is 7. The molecule has 9 nitrogen and oxygen atoms in total. The minimum Gasteiger partial charge on any atom is -0.395 e. The highest BCUT2D eigenvalue weighted by Crippen LogP contribution is 2.54. The van der Waals surface area contributed by atoms with Crippen LogP contribution in [-0.2, 0) is 16.4 Å². The quantitative estimate of drug-likeness (QED) is 0.436. The highest BCUT2D eigenvalue weighted by atomic mass is 32.2. The van der Waals surface area contributed by atoms with Crippen LogP contribution in [0.3, 0.4) is 0 Å². The Morgan fingerprint density at radius 1 is 1.00 bits per heavy atom. The van der Waals surface area contributed by atoms with Gasteiger partial charge in [0.05, 0.1) is 34.3 Å². The van der Waals surface area contributed by atoms with Gasteiger partial charge in [0, 0.05) is 51.9 Å². The topological polar surface area (TPSA) is 105 Å². The molecule has 1 spiro atoms. The Morgan fingerprint density at radius 3 is 2.39 bits per heavy atom. The Labute approximate surface area is 241 Å². The van der Waals surface area contributed by atoms with Gasteiger partial charge in [-0.2, -0.15) is 0 Å². The summed E-state index contributed by atoms with van der Waals surface area (Å²) in [6.45, 7) is 3.35. The second-order valence-corrected chi connectivity index (χ2v) is 13.8. The summed E-state index contributed by atoms with van der Waals surface area (Å²) < 4.78 is 42.1. The standard InChI is InChI=1S/C30H40FN5O4S/c1-34-12-4-21-18-22(19-27(28(21)34)35-13-5-23(31)6-14-35)29(38)33-25-3-2-24(41(39,40)32-11-17-37)20-26(25)36-15-9-30(7-8-30)10-16-36/h2-3,18-20,23,32,37H,4-17H2,1H3,(H,33,38). The van der Waals surface area contributed by atoms with Crippen LogP contribution < -0.4 is 24.7 Å². The van der Waals surface area contributed by atoms with E-state index in [1.54, 1.807) is 12.1 Å². The Balaban J connectivity index is 1.31. The zero-order chi connectivity index (χ0) is 28.8. The lowest BCUT2D eigenvalue weighted by molar-refractivity contribution is 0.102. The molecule has 2 aromatic rings. The number of aliphatic hydroxyl groups excluding tert-OH is 1. The van der Waals surface area contributed by atoms with Crippen molar-refractivity contribution in [3.63, 3.8) is 0 Å². The van der Waals surface area contributed by atoms with E-state index >= 15 is 0 Å². The van der Waals surface area contributed by atoms with Crippen molar-refractivity contribution >= 4 is 38.7 Å². The van der Waals surface area contributed by atoms with Crippen molar-refractivity contribution < 1.29 is 22.7 Å². The zero-order valence-corrected chi connectivity index (χ0v) is 24.5. The number of rotatable bonds is 8. The van der Waals surface area contributed by atoms with Crippen LogP contribution >= 0.6 is 0 Å². The smallest absolute Gasteiger partial charge is 0.255 e. The number of fused-ring (bicyclic) bond motifs is 1. The Bertz CT molecular complexity index is 1410. The first-order valence-corrected chi connectivity index (χ1v) is 16.2. The van der Waals surface area contributed by atoms with Crippen molar-refractivity contribution in [2.24, 2.45) is 5.41 Å². The van der Waals surface area contributed by atoms with Crippen molar-refractivity contribution in [1.82, 2.24) is 4.72 Å². The fourth-order valence-electron chi connectivity index (χ4n) is 6.57. The number of aliphatic hydroxyl groups is 1. The average Bonchev–Trinajstić information content (AvgIpc) is 3.62. The van der Waals surface area contributed by atoms with Gasteiger partial charge < -0.3 is 25.1 Å². The molecule has 41 heavy (non-hydrogen) atoms. The molecule has 0 unspecified atom stereocenters. The highest BCUT2D eigenvalue weighted by Gasteiger charge is 2.44. The zero-order valence-electron chi connectivity index (χ0n) is 23.7. The van der Waals surface area contributed by atoms with Crippen molar-refractivity contribution in [1.29, 1.82) is 0 Å². The van der Waals surface area contributed by atoms with Gasteiger partial charge in [-0.1, -0.05) is 0 Å². The number of alkyl halides is 1. The molecule has 2 aromatic carbocycles. The van der Waals surface area contributed by atoms with E-state index in [2.05, 4.69) is 31.8 Å². The number of benzene rings is 2. The summed E-state index contributed by atoms with van der Waals surface area (Å²) in [5.74, 6) is -0.255. The Hall–Kier alpha value is -2.89. The van der Waals surface area contributed by atoms with Crippen LogP contribution in [-0.4, -0.2) is 78.5 Å². The first kappa shape index (κ1) is 28.2. The normalized spacial score (nSPS) is 20.4. The maximum Gasteiger partial charge on any atom is 0.255 e. The van der Waals surface area contributed by atoms with E-state index in [0.717, 1.165) is 55.8 Å². The maximum atomic E-state index is 13.9. The van der Waals surface area contributed by atoms with Crippen molar-refractivity contribution in [3.05, 3.63) is 41.5 Å². The summed E-state index contributed by atoms with van der Waals surface area (Å²) in [6.07, 6.45) is 5.64. The number of anilines is 4. The number of hydrogen-bond donors (Lipinski definition) is 3. The van der Waals surface area contributed by atoms with Gasteiger partial charge in [-0.15, -0.1) is 0 Å². The van der Waals surface area contributed by atoms with Gasteiger partial charge in [0.25, 0.3) is 5.91 Å². The molecule has 1 saturated carbocycles. The summed E-state index contributed by atoms with van der Waals surface area (Å²) in [6, 6.07) is 8.66. The van der Waals surface area contributed by atoms with Crippen LogP contribution in [0, 0.1) is 5.41 Å². The van der Waals surface area contributed by atoms with Crippen molar-refractivity contribution in [2.45, 2.75) is 56.0 Å². The van der Waals surface area contributed by atoms with E-state index in [4.69, 9.17) is 5.11 Å². The molecule has 6 rings (SSSR count). The van der Waals surface area contributed by atoms with Gasteiger partial charge in [-0.3, -0.25) is 4.79 Å². The summed E-state index contributed by atoms with van der Waals surface area (Å²) in [5.41, 5.74) is 5.44. The summed E-state index contributed by atoms with van der Waals surface area (Å²) in [4.78, 5) is 20.5. The van der Waals surface area contributed by atoms with E-state index in [1.165, 1.54) is 18.9 Å². The van der Waals surface area contributed by atoms with Gasteiger partial charge in [0.1, 0.15) is 6.17 Å². The van der Waals surface area contributed by atoms with E-state index < -0.39 is 16.2 Å². The molecule has 3 fully saturated rings. The van der Waals surface area contributed by atoms with Crippen LogP contribution in [0.4, 0.5) is 27.1 Å². The first-order valence-electron chi connectivity index (χ1n) is 14.8. The molecule has 0 atom stereocenters. The molecular formula is C30H40FN5O4S. The predicted octanol–water partition coefficient (Wildman–Crippen LogP) is 3.52. The van der Waals surface area contributed by atoms with Crippen LogP contribution in [0.1, 0.15) is 54.4 Å². The fraction of sp³-hybridized carbons (Fsp3) is 0.567. The molecule has 11 heteroatoms. The lowest BCUT2D eigenvalue weighted by atomic mass is 9.93. The maximum absolute atomic E-state index is 13.9. The number of carbonyl (C=O) groups is 1. The highest BCUT2D eigenvalue weighted by molar-refractivity contribution is 7.89. The number of carbonyl (C=O) groups excluding carboxylic acids is 1. The number of nitrogens with zero attached hydrogens (tertiary/aromatic N) is 3. The fourth-order valence-corrected chi connectivity index (χ4v) is 7.61. The molecule has 3 N–H and O–H groups in total. The van der Waals surface area contributed by atoms with Crippen LogP contribution in [0.25, 0.3) is 0 Å². The molecule has 4 aliphatic rings. The van der Waals surface area contributed by atoms with E-state index in [0.29, 0.717) is 48.3 Å². The van der Waals surface area contributed by atoms with Gasteiger partial charge in [-0.25, -0.2) is 17.5 Å². The van der Waals surface area contributed by atoms with Gasteiger partial charge in [0.2, 0.25) is 10.0 Å². The lowest BCUT2D eigenvalue weighted by Crippen LogP contribution is -2.35. The summed E-state index contributed by atoms with van der Waals surface area (Å²) >= 11 is 0. The van der Waals surface area contributed by atoms with E-state index in [9.17, 15) is 17.6 Å². The average molecular weight is 586 g/mol. The number of likely N-dealkylation sites (N-methyl/N-ethyl adjacent to an activating group) is 1. The molecule has 222 valence electrons. The Morgan fingerprint density at radius 2 is 1.71 bits per heavy atom. The molecular weight excluding hydrogens is 545 g/mol. The number of sulfonamides is 1. The number of nitrogens with one attached hydrogen (secondary N) is 2. The molecule has 1 amide bonds. The van der Waals surface area contributed by atoms with Crippen LogP contribution in [0.15, 0.2) is 35.2 Å². The third-order valence-electron chi connectivity index (χ3n) is 9.35. The first-order chi connectivity index (χ1) is 19.7. The monoisotopic (exact) mass is 585 g/mol. The van der Waals surface area contributed by atoms with E-state index in [-0.39, 0.29) is 24.0 Å². The summed E-state index contributed by atoms with van der Waals surface area (Å²) in [5, 5.41) is 12.2. The lowest BCUT2D eigenvalue weighted by Gasteiger charge is -2.35. The van der Waals surface area contributed by atoms with Crippen LogP contribution in [0.2, 0.25) is 0 Å². The minimum absolute atomic E-state index is 0.0682. The number of piperidine rings is 2. The van der Waals surface area contributed by atoms with Crippen molar-refractivity contribution in [3.8, 4) is 0 Å². The second-order valence-electron chi connectivity index (χ2n) is 12.1.